The van der Waals surface area contributed by atoms with Crippen LogP contribution in [0.5, 0.6) is 0 Å². The van der Waals surface area contributed by atoms with Gasteiger partial charge in [0.05, 0.1) is 6.54 Å². The summed E-state index contributed by atoms with van der Waals surface area (Å²) in [7, 11) is 0. The lowest BCUT2D eigenvalue weighted by Crippen LogP contribution is -2.32. The number of alkyl halides is 1. The van der Waals surface area contributed by atoms with Crippen LogP contribution in [0.3, 0.4) is 0 Å². The van der Waals surface area contributed by atoms with Crippen molar-refractivity contribution in [2.24, 2.45) is 5.92 Å². The molecule has 2 unspecified atom stereocenters. The summed E-state index contributed by atoms with van der Waals surface area (Å²) < 4.78 is 1.95. The maximum atomic E-state index is 6.30. The van der Waals surface area contributed by atoms with Crippen LogP contribution in [-0.2, 0) is 6.54 Å². The lowest BCUT2D eigenvalue weighted by Gasteiger charge is -2.27. The van der Waals surface area contributed by atoms with Gasteiger partial charge in [0.25, 0.3) is 0 Å². The fourth-order valence-electron chi connectivity index (χ4n) is 2.31. The van der Waals surface area contributed by atoms with E-state index in [1.165, 1.54) is 25.7 Å². The molecule has 2 atom stereocenters. The molecule has 0 aromatic carbocycles. The van der Waals surface area contributed by atoms with Crippen molar-refractivity contribution in [3.8, 4) is 0 Å². The zero-order valence-corrected chi connectivity index (χ0v) is 10.4. The lowest BCUT2D eigenvalue weighted by molar-refractivity contribution is 0.346. The van der Waals surface area contributed by atoms with Crippen molar-refractivity contribution in [3.05, 3.63) is 18.5 Å². The Morgan fingerprint density at radius 2 is 2.25 bits per heavy atom. The zero-order valence-electron chi connectivity index (χ0n) is 9.61. The van der Waals surface area contributed by atoms with Gasteiger partial charge in [-0.2, -0.15) is 5.10 Å². The molecule has 0 aliphatic heterocycles. The Labute approximate surface area is 102 Å². The first-order valence-corrected chi connectivity index (χ1v) is 6.62. The number of aromatic nitrogens is 2. The molecule has 1 N–H and O–H groups in total. The largest absolute Gasteiger partial charge is 0.315 e. The Morgan fingerprint density at radius 1 is 1.38 bits per heavy atom. The van der Waals surface area contributed by atoms with E-state index >= 15 is 0 Å². The summed E-state index contributed by atoms with van der Waals surface area (Å²) in [5.74, 6) is 0.660. The van der Waals surface area contributed by atoms with Crippen molar-refractivity contribution >= 4 is 11.6 Å². The first kappa shape index (κ1) is 11.9. The van der Waals surface area contributed by atoms with E-state index in [-0.39, 0.29) is 0 Å². The summed E-state index contributed by atoms with van der Waals surface area (Å²) in [6.45, 7) is 2.96. The van der Waals surface area contributed by atoms with Crippen LogP contribution >= 0.6 is 11.6 Å². The summed E-state index contributed by atoms with van der Waals surface area (Å²) in [6.07, 6.45) is 8.92. The highest BCUT2D eigenvalue weighted by Crippen LogP contribution is 2.27. The first-order valence-electron chi connectivity index (χ1n) is 6.18. The van der Waals surface area contributed by atoms with Gasteiger partial charge >= 0.3 is 0 Å². The predicted octanol–water partition coefficient (Wildman–Crippen LogP) is 2.27. The van der Waals surface area contributed by atoms with Gasteiger partial charge in [0.15, 0.2) is 0 Å². The SMILES string of the molecule is ClC1CCCCC1CNCCn1cccn1. The number of nitrogens with zero attached hydrogens (tertiary/aromatic N) is 2. The summed E-state index contributed by atoms with van der Waals surface area (Å²) in [5, 5.41) is 8.03. The van der Waals surface area contributed by atoms with E-state index in [1.54, 1.807) is 0 Å². The fourth-order valence-corrected chi connectivity index (χ4v) is 2.68. The molecule has 1 aliphatic carbocycles. The molecule has 1 aliphatic rings. The summed E-state index contributed by atoms with van der Waals surface area (Å²) >= 11 is 6.30. The second-order valence-electron chi connectivity index (χ2n) is 4.53. The molecule has 1 aromatic heterocycles. The Kier molecular flexibility index (Phi) is 4.67. The van der Waals surface area contributed by atoms with Gasteiger partial charge in [0.2, 0.25) is 0 Å². The van der Waals surface area contributed by atoms with E-state index in [1.807, 2.05) is 23.1 Å². The normalized spacial score (nSPS) is 25.8. The monoisotopic (exact) mass is 241 g/mol. The van der Waals surface area contributed by atoms with E-state index in [0.29, 0.717) is 11.3 Å². The predicted molar refractivity (Wildman–Crippen MR) is 66.7 cm³/mol. The average Bonchev–Trinajstić information content (AvgIpc) is 2.79. The van der Waals surface area contributed by atoms with Gasteiger partial charge in [-0.15, -0.1) is 11.6 Å². The van der Waals surface area contributed by atoms with Gasteiger partial charge in [0.1, 0.15) is 0 Å². The van der Waals surface area contributed by atoms with Gasteiger partial charge in [-0.3, -0.25) is 4.68 Å². The molecule has 0 radical (unpaired) electrons. The molecule has 0 bridgehead atoms. The van der Waals surface area contributed by atoms with Crippen LogP contribution < -0.4 is 5.32 Å². The molecule has 90 valence electrons. The molecule has 0 spiro atoms. The first-order chi connectivity index (χ1) is 7.86. The highest BCUT2D eigenvalue weighted by molar-refractivity contribution is 6.20. The van der Waals surface area contributed by atoms with E-state index in [0.717, 1.165) is 19.6 Å². The van der Waals surface area contributed by atoms with Crippen LogP contribution in [0.15, 0.2) is 18.5 Å². The summed E-state index contributed by atoms with van der Waals surface area (Å²) in [6, 6.07) is 1.95. The van der Waals surface area contributed by atoms with Crippen LogP contribution in [0.25, 0.3) is 0 Å². The highest BCUT2D eigenvalue weighted by atomic mass is 35.5. The minimum absolute atomic E-state index is 0.381. The van der Waals surface area contributed by atoms with E-state index in [2.05, 4.69) is 10.4 Å². The second kappa shape index (κ2) is 6.26. The standard InChI is InChI=1S/C12H20ClN3/c13-12-5-2-1-4-11(12)10-14-7-9-16-8-3-6-15-16/h3,6,8,11-12,14H,1-2,4-5,7,9-10H2. The topological polar surface area (TPSA) is 29.9 Å². The van der Waals surface area contributed by atoms with Gasteiger partial charge in [-0.25, -0.2) is 0 Å². The average molecular weight is 242 g/mol. The second-order valence-corrected chi connectivity index (χ2v) is 5.09. The quantitative estimate of drug-likeness (QED) is 0.633. The van der Waals surface area contributed by atoms with E-state index in [9.17, 15) is 0 Å². The molecule has 1 saturated carbocycles. The third kappa shape index (κ3) is 3.49. The minimum atomic E-state index is 0.381. The summed E-state index contributed by atoms with van der Waals surface area (Å²) in [4.78, 5) is 0. The third-order valence-electron chi connectivity index (χ3n) is 3.30. The van der Waals surface area contributed by atoms with Crippen LogP contribution in [0.2, 0.25) is 0 Å². The Balaban J connectivity index is 1.60. The van der Waals surface area contributed by atoms with Gasteiger partial charge in [0, 0.05) is 24.3 Å². The van der Waals surface area contributed by atoms with E-state index in [4.69, 9.17) is 11.6 Å². The molecule has 16 heavy (non-hydrogen) atoms. The molecule has 3 nitrogen and oxygen atoms in total. The third-order valence-corrected chi connectivity index (χ3v) is 3.87. The molecular formula is C12H20ClN3. The van der Waals surface area contributed by atoms with Crippen molar-refractivity contribution in [2.75, 3.05) is 13.1 Å². The molecule has 2 rings (SSSR count). The number of hydrogen-bond acceptors (Lipinski definition) is 2. The van der Waals surface area contributed by atoms with E-state index < -0.39 is 0 Å². The van der Waals surface area contributed by atoms with Crippen LogP contribution in [0.4, 0.5) is 0 Å². The number of halogens is 1. The number of rotatable bonds is 5. The van der Waals surface area contributed by atoms with Crippen molar-refractivity contribution < 1.29 is 0 Å². The molecule has 1 aromatic rings. The Bertz CT molecular complexity index is 286. The van der Waals surface area contributed by atoms with Crippen LogP contribution in [0.1, 0.15) is 25.7 Å². The van der Waals surface area contributed by atoms with Gasteiger partial charge in [-0.1, -0.05) is 12.8 Å². The van der Waals surface area contributed by atoms with Crippen molar-refractivity contribution in [1.82, 2.24) is 15.1 Å². The number of nitrogens with one attached hydrogen (secondary N) is 1. The Hall–Kier alpha value is -0.540. The highest BCUT2D eigenvalue weighted by Gasteiger charge is 2.22. The number of hydrogen-bond donors (Lipinski definition) is 1. The maximum Gasteiger partial charge on any atom is 0.0533 e. The fraction of sp³-hybridized carbons (Fsp3) is 0.750. The lowest BCUT2D eigenvalue weighted by atomic mass is 9.89. The molecule has 0 saturated heterocycles. The van der Waals surface area contributed by atoms with Crippen molar-refractivity contribution in [1.29, 1.82) is 0 Å². The van der Waals surface area contributed by atoms with Crippen molar-refractivity contribution in [3.63, 3.8) is 0 Å². The molecule has 0 amide bonds. The minimum Gasteiger partial charge on any atom is -0.315 e. The summed E-state index contributed by atoms with van der Waals surface area (Å²) in [5.41, 5.74) is 0. The molecular weight excluding hydrogens is 222 g/mol. The molecule has 1 heterocycles. The van der Waals surface area contributed by atoms with Crippen LogP contribution in [0, 0.1) is 5.92 Å². The zero-order chi connectivity index (χ0) is 11.2. The van der Waals surface area contributed by atoms with Gasteiger partial charge in [-0.05, 0) is 31.4 Å². The van der Waals surface area contributed by atoms with Crippen LogP contribution in [-0.4, -0.2) is 28.2 Å². The Morgan fingerprint density at radius 3 is 3.00 bits per heavy atom. The van der Waals surface area contributed by atoms with Gasteiger partial charge < -0.3 is 5.32 Å². The smallest absolute Gasteiger partial charge is 0.0533 e. The molecule has 1 fully saturated rings. The molecule has 4 heteroatoms. The maximum absolute atomic E-state index is 6.30. The van der Waals surface area contributed by atoms with Crippen molar-refractivity contribution in [2.45, 2.75) is 37.6 Å².